The maximum absolute atomic E-state index is 11.6. The van der Waals surface area contributed by atoms with Gasteiger partial charge in [-0.3, -0.25) is 20.0 Å². The fourth-order valence-corrected chi connectivity index (χ4v) is 1.24. The van der Waals surface area contributed by atoms with Crippen LogP contribution in [0.15, 0.2) is 24.5 Å². The standard InChI is InChI=1S/C9H7N5O4/c15-7-3-5(14(17)18)1-2-6(7)12-9(16)8-10-4-11-13-8/h1-4,15H,(H,12,16)(H,10,11,13). The van der Waals surface area contributed by atoms with Crippen molar-refractivity contribution in [1.82, 2.24) is 15.2 Å². The highest BCUT2D eigenvalue weighted by molar-refractivity contribution is 6.02. The van der Waals surface area contributed by atoms with E-state index in [0.717, 1.165) is 18.5 Å². The Morgan fingerprint density at radius 2 is 2.28 bits per heavy atom. The zero-order valence-corrected chi connectivity index (χ0v) is 8.82. The number of hydrogen-bond donors (Lipinski definition) is 3. The summed E-state index contributed by atoms with van der Waals surface area (Å²) in [6.45, 7) is 0. The summed E-state index contributed by atoms with van der Waals surface area (Å²) in [6, 6.07) is 3.33. The molecule has 0 fully saturated rings. The Kier molecular flexibility index (Phi) is 2.87. The van der Waals surface area contributed by atoms with Gasteiger partial charge in [0.15, 0.2) is 0 Å². The topological polar surface area (TPSA) is 134 Å². The largest absolute Gasteiger partial charge is 0.506 e. The molecular weight excluding hydrogens is 242 g/mol. The van der Waals surface area contributed by atoms with Crippen LogP contribution in [0, 0.1) is 10.1 Å². The molecule has 1 heterocycles. The molecule has 2 rings (SSSR count). The fraction of sp³-hybridized carbons (Fsp3) is 0. The number of nitro groups is 1. The average Bonchev–Trinajstić information content (AvgIpc) is 2.85. The molecule has 1 amide bonds. The van der Waals surface area contributed by atoms with E-state index in [0.29, 0.717) is 0 Å². The molecule has 0 spiro atoms. The van der Waals surface area contributed by atoms with E-state index in [1.165, 1.54) is 6.07 Å². The number of nitrogens with zero attached hydrogens (tertiary/aromatic N) is 3. The van der Waals surface area contributed by atoms with Gasteiger partial charge in [0.05, 0.1) is 16.7 Å². The molecule has 0 bridgehead atoms. The third-order valence-electron chi connectivity index (χ3n) is 2.07. The summed E-state index contributed by atoms with van der Waals surface area (Å²) in [5, 5.41) is 28.2. The number of non-ortho nitro benzene ring substituents is 1. The Hall–Kier alpha value is -2.97. The third-order valence-corrected chi connectivity index (χ3v) is 2.07. The van der Waals surface area contributed by atoms with E-state index in [9.17, 15) is 20.0 Å². The Morgan fingerprint density at radius 3 is 2.83 bits per heavy atom. The number of carbonyl (C=O) groups is 1. The van der Waals surface area contributed by atoms with Gasteiger partial charge in [-0.1, -0.05) is 0 Å². The summed E-state index contributed by atoms with van der Waals surface area (Å²) in [4.78, 5) is 25.0. The summed E-state index contributed by atoms with van der Waals surface area (Å²) in [6.07, 6.45) is 1.16. The van der Waals surface area contributed by atoms with Gasteiger partial charge in [0.2, 0.25) is 5.82 Å². The molecule has 0 saturated carbocycles. The van der Waals surface area contributed by atoms with Crippen LogP contribution >= 0.6 is 0 Å². The lowest BCUT2D eigenvalue weighted by Crippen LogP contribution is -2.13. The van der Waals surface area contributed by atoms with Crippen molar-refractivity contribution >= 4 is 17.3 Å². The molecule has 0 saturated heterocycles. The summed E-state index contributed by atoms with van der Waals surface area (Å²) >= 11 is 0. The average molecular weight is 249 g/mol. The highest BCUT2D eigenvalue weighted by Crippen LogP contribution is 2.27. The predicted octanol–water partition coefficient (Wildman–Crippen LogP) is 0.671. The van der Waals surface area contributed by atoms with Crippen LogP contribution in [0.3, 0.4) is 0 Å². The molecule has 92 valence electrons. The lowest BCUT2D eigenvalue weighted by atomic mass is 10.2. The zero-order valence-electron chi connectivity index (χ0n) is 8.82. The lowest BCUT2D eigenvalue weighted by molar-refractivity contribution is -0.384. The van der Waals surface area contributed by atoms with Gasteiger partial charge in [-0.05, 0) is 6.07 Å². The Labute approximate surface area is 99.6 Å². The molecule has 0 radical (unpaired) electrons. The SMILES string of the molecule is O=C(Nc1ccc([N+](=O)[O-])cc1O)c1ncn[nH]1. The molecular formula is C9H7N5O4. The molecule has 9 heteroatoms. The number of nitrogens with one attached hydrogen (secondary N) is 2. The first-order chi connectivity index (χ1) is 8.58. The second-order valence-electron chi connectivity index (χ2n) is 3.25. The normalized spacial score (nSPS) is 10.0. The molecule has 0 unspecified atom stereocenters. The van der Waals surface area contributed by atoms with Crippen molar-refractivity contribution in [2.75, 3.05) is 5.32 Å². The molecule has 0 atom stereocenters. The van der Waals surface area contributed by atoms with Crippen molar-refractivity contribution in [3.63, 3.8) is 0 Å². The Bertz CT molecular complexity index is 595. The van der Waals surface area contributed by atoms with Crippen molar-refractivity contribution in [3.05, 3.63) is 40.5 Å². The van der Waals surface area contributed by atoms with E-state index < -0.39 is 16.6 Å². The summed E-state index contributed by atoms with van der Waals surface area (Å²) in [7, 11) is 0. The summed E-state index contributed by atoms with van der Waals surface area (Å²) in [5.41, 5.74) is -0.229. The molecule has 0 aliphatic carbocycles. The van der Waals surface area contributed by atoms with Gasteiger partial charge in [-0.15, -0.1) is 0 Å². The highest BCUT2D eigenvalue weighted by Gasteiger charge is 2.14. The first-order valence-electron chi connectivity index (χ1n) is 4.72. The number of aromatic amines is 1. The van der Waals surface area contributed by atoms with E-state index in [-0.39, 0.29) is 17.2 Å². The Balaban J connectivity index is 2.20. The van der Waals surface area contributed by atoms with Crippen molar-refractivity contribution in [2.45, 2.75) is 0 Å². The molecule has 3 N–H and O–H groups in total. The van der Waals surface area contributed by atoms with Crippen LogP contribution in [0.2, 0.25) is 0 Å². The first kappa shape index (κ1) is 11.5. The summed E-state index contributed by atoms with van der Waals surface area (Å²) in [5.74, 6) is -1.05. The number of nitro benzene ring substituents is 1. The van der Waals surface area contributed by atoms with Crippen LogP contribution in [-0.4, -0.2) is 31.1 Å². The molecule has 0 aliphatic rings. The number of amides is 1. The van der Waals surface area contributed by atoms with E-state index in [1.807, 2.05) is 0 Å². The van der Waals surface area contributed by atoms with Gasteiger partial charge in [-0.25, -0.2) is 4.98 Å². The predicted molar refractivity (Wildman–Crippen MR) is 59.1 cm³/mol. The Morgan fingerprint density at radius 1 is 1.50 bits per heavy atom. The van der Waals surface area contributed by atoms with Crippen LogP contribution in [0.25, 0.3) is 0 Å². The number of phenolic OH excluding ortho intramolecular Hbond substituents is 1. The number of aromatic hydroxyl groups is 1. The monoisotopic (exact) mass is 249 g/mol. The zero-order chi connectivity index (χ0) is 13.1. The van der Waals surface area contributed by atoms with Crippen molar-refractivity contribution in [2.24, 2.45) is 0 Å². The van der Waals surface area contributed by atoms with Crippen LogP contribution in [0.1, 0.15) is 10.6 Å². The molecule has 1 aromatic heterocycles. The molecule has 2 aromatic rings. The molecule has 1 aromatic carbocycles. The van der Waals surface area contributed by atoms with Gasteiger partial charge in [0.25, 0.3) is 11.6 Å². The molecule has 9 nitrogen and oxygen atoms in total. The molecule has 18 heavy (non-hydrogen) atoms. The van der Waals surface area contributed by atoms with E-state index >= 15 is 0 Å². The second-order valence-corrected chi connectivity index (χ2v) is 3.25. The van der Waals surface area contributed by atoms with Crippen LogP contribution in [0.5, 0.6) is 5.75 Å². The molecule has 0 aliphatic heterocycles. The van der Waals surface area contributed by atoms with Gasteiger partial charge in [0, 0.05) is 6.07 Å². The van der Waals surface area contributed by atoms with E-state index in [2.05, 4.69) is 20.5 Å². The number of carbonyl (C=O) groups excluding carboxylic acids is 1. The smallest absolute Gasteiger partial charge is 0.293 e. The van der Waals surface area contributed by atoms with E-state index in [4.69, 9.17) is 0 Å². The maximum Gasteiger partial charge on any atom is 0.293 e. The maximum atomic E-state index is 11.6. The van der Waals surface area contributed by atoms with Crippen molar-refractivity contribution < 1.29 is 14.8 Å². The number of aromatic nitrogens is 3. The van der Waals surface area contributed by atoms with Crippen LogP contribution < -0.4 is 5.32 Å². The highest BCUT2D eigenvalue weighted by atomic mass is 16.6. The number of H-pyrrole nitrogens is 1. The van der Waals surface area contributed by atoms with Crippen LogP contribution in [0.4, 0.5) is 11.4 Å². The minimum atomic E-state index is -0.651. The first-order valence-corrected chi connectivity index (χ1v) is 4.72. The fourth-order valence-electron chi connectivity index (χ4n) is 1.24. The second kappa shape index (κ2) is 4.49. The van der Waals surface area contributed by atoms with Crippen LogP contribution in [-0.2, 0) is 0 Å². The summed E-state index contributed by atoms with van der Waals surface area (Å²) < 4.78 is 0. The van der Waals surface area contributed by atoms with Gasteiger partial charge >= 0.3 is 0 Å². The van der Waals surface area contributed by atoms with Crippen molar-refractivity contribution in [1.29, 1.82) is 0 Å². The van der Waals surface area contributed by atoms with E-state index in [1.54, 1.807) is 0 Å². The number of anilines is 1. The van der Waals surface area contributed by atoms with Gasteiger partial charge in [-0.2, -0.15) is 5.10 Å². The quantitative estimate of drug-likeness (QED) is 0.415. The third kappa shape index (κ3) is 2.24. The number of hydrogen-bond acceptors (Lipinski definition) is 6. The van der Waals surface area contributed by atoms with Gasteiger partial charge < -0.3 is 10.4 Å². The number of rotatable bonds is 3. The van der Waals surface area contributed by atoms with Crippen molar-refractivity contribution in [3.8, 4) is 5.75 Å². The minimum Gasteiger partial charge on any atom is -0.506 e. The lowest BCUT2D eigenvalue weighted by Gasteiger charge is -2.04. The minimum absolute atomic E-state index is 0.0345. The van der Waals surface area contributed by atoms with Gasteiger partial charge in [0.1, 0.15) is 12.1 Å². The number of benzene rings is 1. The number of phenols is 1.